The highest BCUT2D eigenvalue weighted by Crippen LogP contribution is 2.43. The summed E-state index contributed by atoms with van der Waals surface area (Å²) >= 11 is 0. The summed E-state index contributed by atoms with van der Waals surface area (Å²) in [4.78, 5) is 24.3. The maximum Gasteiger partial charge on any atom is 0.252 e. The van der Waals surface area contributed by atoms with Gasteiger partial charge in [-0.3, -0.25) is 9.79 Å². The number of hydrogen-bond acceptors (Lipinski definition) is 5. The minimum absolute atomic E-state index is 0.0444. The number of piperidine rings is 1. The van der Waals surface area contributed by atoms with E-state index < -0.39 is 0 Å². The van der Waals surface area contributed by atoms with Gasteiger partial charge >= 0.3 is 0 Å². The quantitative estimate of drug-likeness (QED) is 0.729. The molecule has 29 heavy (non-hydrogen) atoms. The van der Waals surface area contributed by atoms with E-state index in [2.05, 4.69) is 53.5 Å². The fourth-order valence-electron chi connectivity index (χ4n) is 4.59. The molecule has 152 valence electrons. The molecule has 0 saturated carbocycles. The van der Waals surface area contributed by atoms with Crippen molar-refractivity contribution in [1.82, 2.24) is 20.0 Å². The van der Waals surface area contributed by atoms with E-state index in [1.54, 1.807) is 0 Å². The van der Waals surface area contributed by atoms with Crippen molar-refractivity contribution in [2.75, 3.05) is 19.6 Å². The number of carbonyl (C=O) groups is 1. The third-order valence-corrected chi connectivity index (χ3v) is 7.78. The zero-order chi connectivity index (χ0) is 20.0. The van der Waals surface area contributed by atoms with Gasteiger partial charge in [0.2, 0.25) is 0 Å². The molecule has 0 aromatic carbocycles. The highest BCUT2D eigenvalue weighted by atomic mass is 31.1. The van der Waals surface area contributed by atoms with E-state index in [1.165, 1.54) is 0 Å². The van der Waals surface area contributed by atoms with Gasteiger partial charge in [0.15, 0.2) is 0 Å². The normalized spacial score (nSPS) is 30.5. The van der Waals surface area contributed by atoms with Crippen molar-refractivity contribution in [2.24, 2.45) is 10.9 Å². The van der Waals surface area contributed by atoms with Gasteiger partial charge in [-0.1, -0.05) is 21.6 Å². The molecule has 0 aromatic rings. The number of carbonyl (C=O) groups excluding carboxylic acids is 1. The van der Waals surface area contributed by atoms with E-state index in [0.29, 0.717) is 14.5 Å². The third-order valence-electron chi connectivity index (χ3n) is 6.31. The van der Waals surface area contributed by atoms with Crippen molar-refractivity contribution in [3.8, 4) is 0 Å². The van der Waals surface area contributed by atoms with E-state index >= 15 is 0 Å². The fraction of sp³-hybridized carbons (Fsp3) is 0.455. The van der Waals surface area contributed by atoms with Crippen LogP contribution in [0.4, 0.5) is 0 Å². The first kappa shape index (κ1) is 18.8. The molecule has 5 aliphatic rings. The van der Waals surface area contributed by atoms with Crippen molar-refractivity contribution in [2.45, 2.75) is 38.6 Å². The van der Waals surface area contributed by atoms with Gasteiger partial charge in [-0.15, -0.1) is 0 Å². The lowest BCUT2D eigenvalue weighted by Crippen LogP contribution is -2.40. The van der Waals surface area contributed by atoms with Crippen LogP contribution in [0.1, 0.15) is 26.7 Å². The SMILES string of the molecule is CCN1CCC(C2=CN3C(=O)C=C(C4=CN5C=C(C)NC5C=C4)PC3C=N2)CC1. The number of nitrogens with one attached hydrogen (secondary N) is 1. The highest BCUT2D eigenvalue weighted by molar-refractivity contribution is 7.45. The van der Waals surface area contributed by atoms with Gasteiger partial charge in [0.25, 0.3) is 5.91 Å². The summed E-state index contributed by atoms with van der Waals surface area (Å²) < 4.78 is 0. The average molecular weight is 409 g/mol. The summed E-state index contributed by atoms with van der Waals surface area (Å²) in [5, 5.41) is 4.52. The van der Waals surface area contributed by atoms with Crippen LogP contribution in [-0.2, 0) is 4.79 Å². The minimum atomic E-state index is 0.0444. The maximum absolute atomic E-state index is 12.9. The minimum Gasteiger partial charge on any atom is -0.364 e. The monoisotopic (exact) mass is 409 g/mol. The summed E-state index contributed by atoms with van der Waals surface area (Å²) in [6.45, 7) is 7.65. The number of nitrogens with zero attached hydrogens (tertiary/aromatic N) is 4. The maximum atomic E-state index is 12.9. The molecule has 7 heteroatoms. The van der Waals surface area contributed by atoms with E-state index in [1.807, 2.05) is 23.4 Å². The van der Waals surface area contributed by atoms with Gasteiger partial charge in [0.1, 0.15) is 6.17 Å². The molecule has 1 N–H and O–H groups in total. The third kappa shape index (κ3) is 3.60. The van der Waals surface area contributed by atoms with E-state index in [0.717, 1.165) is 54.8 Å². The van der Waals surface area contributed by atoms with Crippen LogP contribution in [0.5, 0.6) is 0 Å². The molecule has 0 radical (unpaired) electrons. The molecule has 6 nitrogen and oxygen atoms in total. The Kier molecular flexibility index (Phi) is 4.92. The second-order valence-electron chi connectivity index (χ2n) is 8.23. The van der Waals surface area contributed by atoms with Crippen LogP contribution in [0, 0.1) is 5.92 Å². The molecule has 3 atom stereocenters. The molecule has 0 aromatic heterocycles. The lowest BCUT2D eigenvalue weighted by Gasteiger charge is -2.37. The number of allylic oxidation sites excluding steroid dienone is 5. The van der Waals surface area contributed by atoms with Crippen LogP contribution in [0.25, 0.3) is 0 Å². The molecular weight excluding hydrogens is 381 g/mol. The average Bonchev–Trinajstić information content (AvgIpc) is 3.12. The zero-order valence-electron chi connectivity index (χ0n) is 17.0. The first-order valence-electron chi connectivity index (χ1n) is 10.5. The molecule has 0 bridgehead atoms. The zero-order valence-corrected chi connectivity index (χ0v) is 18.0. The molecule has 1 fully saturated rings. The van der Waals surface area contributed by atoms with Crippen molar-refractivity contribution in [3.63, 3.8) is 0 Å². The Morgan fingerprint density at radius 2 is 2.07 bits per heavy atom. The van der Waals surface area contributed by atoms with Crippen molar-refractivity contribution < 1.29 is 4.79 Å². The van der Waals surface area contributed by atoms with E-state index in [4.69, 9.17) is 4.99 Å². The lowest BCUT2D eigenvalue weighted by molar-refractivity contribution is -0.123. The van der Waals surface area contributed by atoms with Crippen LogP contribution < -0.4 is 5.32 Å². The molecule has 0 spiro atoms. The number of hydrogen-bond donors (Lipinski definition) is 1. The summed E-state index contributed by atoms with van der Waals surface area (Å²) in [7, 11) is 0.508. The Morgan fingerprint density at radius 1 is 1.24 bits per heavy atom. The molecule has 5 heterocycles. The highest BCUT2D eigenvalue weighted by Gasteiger charge is 2.33. The molecule has 5 aliphatic heterocycles. The number of amides is 1. The largest absolute Gasteiger partial charge is 0.364 e. The van der Waals surface area contributed by atoms with Gasteiger partial charge in [-0.05, 0) is 56.4 Å². The van der Waals surface area contributed by atoms with Crippen LogP contribution in [-0.4, -0.2) is 58.4 Å². The van der Waals surface area contributed by atoms with Crippen LogP contribution in [0.3, 0.4) is 0 Å². The van der Waals surface area contributed by atoms with Gasteiger partial charge in [-0.25, -0.2) is 0 Å². The van der Waals surface area contributed by atoms with Gasteiger partial charge < -0.3 is 20.0 Å². The standard InChI is InChI=1S/C22H28N5OP/c1-3-25-8-6-16(7-9-25)18-14-27-21(28)10-19(29-22(27)11-23-18)17-4-5-20-24-15(2)12-26(20)13-17/h4-5,10-14,16,20,22,24,29H,3,6-9H2,1-2H3. The smallest absolute Gasteiger partial charge is 0.252 e. The van der Waals surface area contributed by atoms with Crippen LogP contribution >= 0.6 is 8.58 Å². The van der Waals surface area contributed by atoms with Crippen molar-refractivity contribution in [3.05, 3.63) is 59.1 Å². The van der Waals surface area contributed by atoms with E-state index in [-0.39, 0.29) is 17.9 Å². The Labute approximate surface area is 174 Å². The molecule has 1 amide bonds. The molecule has 5 rings (SSSR count). The number of aliphatic imine (C=N–C) groups is 1. The van der Waals surface area contributed by atoms with Crippen molar-refractivity contribution >= 4 is 20.7 Å². The lowest BCUT2D eigenvalue weighted by atomic mass is 9.93. The second-order valence-corrected chi connectivity index (χ2v) is 9.64. The van der Waals surface area contributed by atoms with Crippen molar-refractivity contribution in [1.29, 1.82) is 0 Å². The summed E-state index contributed by atoms with van der Waals surface area (Å²) in [5.41, 5.74) is 3.35. The Bertz CT molecular complexity index is 891. The Balaban J connectivity index is 1.32. The molecule has 0 aliphatic carbocycles. The number of likely N-dealkylation sites (tertiary alicyclic amines) is 1. The van der Waals surface area contributed by atoms with Crippen LogP contribution in [0.2, 0.25) is 0 Å². The molecular formula is C22H28N5OP. The predicted molar refractivity (Wildman–Crippen MR) is 118 cm³/mol. The summed E-state index contributed by atoms with van der Waals surface area (Å²) in [6.07, 6.45) is 16.8. The predicted octanol–water partition coefficient (Wildman–Crippen LogP) is 2.92. The first-order valence-corrected chi connectivity index (χ1v) is 11.6. The molecule has 3 unspecified atom stereocenters. The number of rotatable bonds is 3. The topological polar surface area (TPSA) is 51.2 Å². The number of fused-ring (bicyclic) bond motifs is 2. The fourth-order valence-corrected chi connectivity index (χ4v) is 5.92. The van der Waals surface area contributed by atoms with Crippen LogP contribution in [0.15, 0.2) is 64.1 Å². The Hall–Kier alpha value is -2.17. The van der Waals surface area contributed by atoms with E-state index in [9.17, 15) is 4.79 Å². The van der Waals surface area contributed by atoms with Gasteiger partial charge in [-0.2, -0.15) is 0 Å². The molecule has 1 saturated heterocycles. The first-order chi connectivity index (χ1) is 14.1. The summed E-state index contributed by atoms with van der Waals surface area (Å²) in [6, 6.07) is 0. The van der Waals surface area contributed by atoms with Gasteiger partial charge in [0.05, 0.1) is 11.5 Å². The summed E-state index contributed by atoms with van der Waals surface area (Å²) in [5.74, 6) is 0.583. The second kappa shape index (κ2) is 7.58. The Morgan fingerprint density at radius 3 is 2.86 bits per heavy atom. The van der Waals surface area contributed by atoms with Gasteiger partial charge in [0, 0.05) is 42.5 Å².